The summed E-state index contributed by atoms with van der Waals surface area (Å²) >= 11 is 0. The summed E-state index contributed by atoms with van der Waals surface area (Å²) in [6.45, 7) is 3.46. The standard InChI is InChI=1S/C46H84N2O7/c1-3-5-7-9-11-13-15-16-17-18-19-21-23-25-30-34-38-45(52)55-41(35-31-27-24-22-20-14-12-10-8-6-4-2)36-32-28-26-29-33-37-43(50)47-39-44(51)48-42(40-49)46(53)54/h12,14,22,24,41-42,49H,3-11,13,15-21,23,25-40H2,1-2H3,(H,47,50)(H,48,51)(H,53,54)/b14-12-,24-22-. The SMILES string of the molecule is CCCCC/C=C\C/C=C\CCCC(CCCCCCCC(=O)NCC(=O)NC(CO)C(=O)O)OC(=O)CCCCCCCCCCCCCCCCCC. The van der Waals surface area contributed by atoms with Crippen LogP contribution in [-0.2, 0) is 23.9 Å². The van der Waals surface area contributed by atoms with E-state index in [2.05, 4.69) is 48.8 Å². The van der Waals surface area contributed by atoms with Crippen molar-refractivity contribution in [1.29, 1.82) is 0 Å². The van der Waals surface area contributed by atoms with Gasteiger partial charge in [-0.25, -0.2) is 4.79 Å². The molecule has 0 aromatic carbocycles. The zero-order valence-electron chi connectivity index (χ0n) is 35.4. The Kier molecular flexibility index (Phi) is 39.0. The molecule has 0 radical (unpaired) electrons. The average molecular weight is 777 g/mol. The summed E-state index contributed by atoms with van der Waals surface area (Å²) in [6, 6.07) is -1.38. The van der Waals surface area contributed by atoms with E-state index in [1.54, 1.807) is 0 Å². The third-order valence-electron chi connectivity index (χ3n) is 10.2. The fourth-order valence-corrected chi connectivity index (χ4v) is 6.69. The number of hydrogen-bond donors (Lipinski definition) is 4. The molecule has 0 bridgehead atoms. The Hall–Kier alpha value is -2.68. The highest BCUT2D eigenvalue weighted by Crippen LogP contribution is 2.18. The molecule has 0 aromatic heterocycles. The van der Waals surface area contributed by atoms with E-state index in [0.29, 0.717) is 12.8 Å². The Bertz CT molecular complexity index is 983. The van der Waals surface area contributed by atoms with Gasteiger partial charge in [-0.15, -0.1) is 0 Å². The lowest BCUT2D eigenvalue weighted by molar-refractivity contribution is -0.150. The smallest absolute Gasteiger partial charge is 0.328 e. The number of carboxylic acids is 1. The Balaban J connectivity index is 4.29. The number of ether oxygens (including phenoxy) is 1. The molecule has 9 nitrogen and oxygen atoms in total. The summed E-state index contributed by atoms with van der Waals surface area (Å²) in [4.78, 5) is 47.6. The van der Waals surface area contributed by atoms with Crippen molar-refractivity contribution in [2.75, 3.05) is 13.2 Å². The van der Waals surface area contributed by atoms with Crippen molar-refractivity contribution in [3.05, 3.63) is 24.3 Å². The van der Waals surface area contributed by atoms with Crippen LogP contribution in [0.2, 0.25) is 0 Å². The summed E-state index contributed by atoms with van der Waals surface area (Å²) in [5, 5.41) is 22.6. The second-order valence-electron chi connectivity index (χ2n) is 15.5. The molecule has 0 spiro atoms. The van der Waals surface area contributed by atoms with Gasteiger partial charge in [0.2, 0.25) is 11.8 Å². The third kappa shape index (κ3) is 38.0. The van der Waals surface area contributed by atoms with Gasteiger partial charge >= 0.3 is 11.9 Å². The summed E-state index contributed by atoms with van der Waals surface area (Å²) in [6.07, 6.45) is 44.9. The van der Waals surface area contributed by atoms with Gasteiger partial charge in [0.15, 0.2) is 0 Å². The van der Waals surface area contributed by atoms with Crippen molar-refractivity contribution in [3.63, 3.8) is 0 Å². The van der Waals surface area contributed by atoms with Gasteiger partial charge in [-0.05, 0) is 64.2 Å². The van der Waals surface area contributed by atoms with E-state index in [0.717, 1.165) is 77.0 Å². The maximum Gasteiger partial charge on any atom is 0.328 e. The quantitative estimate of drug-likeness (QED) is 0.0275. The van der Waals surface area contributed by atoms with Crippen LogP contribution in [0.5, 0.6) is 0 Å². The van der Waals surface area contributed by atoms with E-state index in [9.17, 15) is 19.2 Å². The van der Waals surface area contributed by atoms with E-state index in [4.69, 9.17) is 14.9 Å². The molecule has 2 unspecified atom stereocenters. The van der Waals surface area contributed by atoms with E-state index in [-0.39, 0.29) is 30.9 Å². The van der Waals surface area contributed by atoms with Crippen LogP contribution in [-0.4, -0.2) is 59.3 Å². The number of allylic oxidation sites excluding steroid dienone is 4. The second-order valence-corrected chi connectivity index (χ2v) is 15.5. The van der Waals surface area contributed by atoms with E-state index in [1.165, 1.54) is 109 Å². The van der Waals surface area contributed by atoms with Crippen molar-refractivity contribution in [3.8, 4) is 0 Å². The molecule has 0 saturated heterocycles. The zero-order valence-corrected chi connectivity index (χ0v) is 35.4. The van der Waals surface area contributed by atoms with Crippen molar-refractivity contribution in [2.45, 2.75) is 231 Å². The van der Waals surface area contributed by atoms with Gasteiger partial charge in [0, 0.05) is 12.8 Å². The first kappa shape index (κ1) is 52.3. The first-order chi connectivity index (χ1) is 26.8. The molecule has 0 fully saturated rings. The summed E-state index contributed by atoms with van der Waals surface area (Å²) in [5.41, 5.74) is 0. The van der Waals surface area contributed by atoms with Crippen molar-refractivity contribution >= 4 is 23.8 Å². The number of hydrogen-bond acceptors (Lipinski definition) is 6. The lowest BCUT2D eigenvalue weighted by Crippen LogP contribution is -2.47. The van der Waals surface area contributed by atoms with Crippen molar-refractivity contribution in [1.82, 2.24) is 10.6 Å². The van der Waals surface area contributed by atoms with Gasteiger partial charge in [-0.1, -0.05) is 167 Å². The fourth-order valence-electron chi connectivity index (χ4n) is 6.69. The van der Waals surface area contributed by atoms with Gasteiger partial charge < -0.3 is 25.6 Å². The normalized spacial score (nSPS) is 12.6. The van der Waals surface area contributed by atoms with Gasteiger partial charge in [-0.3, -0.25) is 14.4 Å². The van der Waals surface area contributed by atoms with Crippen molar-refractivity contribution < 1.29 is 34.1 Å². The van der Waals surface area contributed by atoms with Crippen LogP contribution >= 0.6 is 0 Å². The van der Waals surface area contributed by atoms with Crippen LogP contribution < -0.4 is 10.6 Å². The number of rotatable bonds is 41. The van der Waals surface area contributed by atoms with Crippen molar-refractivity contribution in [2.24, 2.45) is 0 Å². The number of carbonyl (C=O) groups is 4. The molecule has 9 heteroatoms. The Morgan fingerprint density at radius 2 is 1.00 bits per heavy atom. The van der Waals surface area contributed by atoms with Gasteiger partial charge in [-0.2, -0.15) is 0 Å². The molecular weight excluding hydrogens is 693 g/mol. The highest BCUT2D eigenvalue weighted by atomic mass is 16.5. The summed E-state index contributed by atoms with van der Waals surface area (Å²) in [7, 11) is 0. The topological polar surface area (TPSA) is 142 Å². The van der Waals surface area contributed by atoms with E-state index >= 15 is 0 Å². The van der Waals surface area contributed by atoms with E-state index in [1.807, 2.05) is 0 Å². The molecular formula is C46H84N2O7. The molecule has 0 rings (SSSR count). The number of aliphatic hydroxyl groups excluding tert-OH is 1. The number of amides is 2. The Morgan fingerprint density at radius 1 is 0.545 bits per heavy atom. The van der Waals surface area contributed by atoms with Crippen LogP contribution in [0.1, 0.15) is 219 Å². The molecule has 0 heterocycles. The number of carboxylic acid groups (broad SMARTS) is 1. The zero-order chi connectivity index (χ0) is 40.5. The molecule has 55 heavy (non-hydrogen) atoms. The highest BCUT2D eigenvalue weighted by Gasteiger charge is 2.19. The van der Waals surface area contributed by atoms with E-state index < -0.39 is 24.5 Å². The Morgan fingerprint density at radius 3 is 1.53 bits per heavy atom. The molecule has 320 valence electrons. The molecule has 0 aliphatic heterocycles. The first-order valence-corrected chi connectivity index (χ1v) is 22.7. The molecule has 2 atom stereocenters. The van der Waals surface area contributed by atoms with Gasteiger partial charge in [0.05, 0.1) is 13.2 Å². The number of carbonyl (C=O) groups excluding carboxylic acids is 3. The maximum absolute atomic E-state index is 12.8. The number of nitrogens with one attached hydrogen (secondary N) is 2. The van der Waals surface area contributed by atoms with Gasteiger partial charge in [0.25, 0.3) is 0 Å². The van der Waals surface area contributed by atoms with Crippen LogP contribution in [0.4, 0.5) is 0 Å². The lowest BCUT2D eigenvalue weighted by atomic mass is 10.0. The predicted molar refractivity (Wildman–Crippen MR) is 227 cm³/mol. The molecule has 0 saturated carbocycles. The number of esters is 1. The van der Waals surface area contributed by atoms with Crippen LogP contribution in [0.25, 0.3) is 0 Å². The average Bonchev–Trinajstić information content (AvgIpc) is 3.17. The second kappa shape index (κ2) is 41.0. The van der Waals surface area contributed by atoms with Crippen LogP contribution in [0.15, 0.2) is 24.3 Å². The van der Waals surface area contributed by atoms with Crippen LogP contribution in [0.3, 0.4) is 0 Å². The van der Waals surface area contributed by atoms with Crippen LogP contribution in [0, 0.1) is 0 Å². The highest BCUT2D eigenvalue weighted by molar-refractivity contribution is 5.87. The number of unbranched alkanes of at least 4 members (excludes halogenated alkanes) is 23. The third-order valence-corrected chi connectivity index (χ3v) is 10.2. The minimum Gasteiger partial charge on any atom is -0.480 e. The summed E-state index contributed by atoms with van der Waals surface area (Å²) < 4.78 is 6.01. The molecule has 2 amide bonds. The number of aliphatic carboxylic acids is 1. The maximum atomic E-state index is 12.8. The molecule has 0 aliphatic carbocycles. The first-order valence-electron chi connectivity index (χ1n) is 22.7. The predicted octanol–water partition coefficient (Wildman–Crippen LogP) is 11.2. The minimum absolute atomic E-state index is 0.0519. The monoisotopic (exact) mass is 777 g/mol. The molecule has 0 aromatic rings. The molecule has 4 N–H and O–H groups in total. The Labute approximate surface area is 336 Å². The minimum atomic E-state index is -1.38. The number of aliphatic hydroxyl groups is 1. The fraction of sp³-hybridized carbons (Fsp3) is 0.826. The summed E-state index contributed by atoms with van der Waals surface area (Å²) in [5.74, 6) is -2.31. The van der Waals surface area contributed by atoms with Gasteiger partial charge in [0.1, 0.15) is 12.1 Å². The molecule has 0 aliphatic rings. The lowest BCUT2D eigenvalue weighted by Gasteiger charge is -2.18. The largest absolute Gasteiger partial charge is 0.480 e.